The van der Waals surface area contributed by atoms with Gasteiger partial charge in [0.2, 0.25) is 0 Å². The summed E-state index contributed by atoms with van der Waals surface area (Å²) in [6.07, 6.45) is 3.16. The van der Waals surface area contributed by atoms with Gasteiger partial charge in [0, 0.05) is 46.0 Å². The molecule has 1 aromatic rings. The van der Waals surface area contributed by atoms with E-state index < -0.39 is 0 Å². The van der Waals surface area contributed by atoms with Gasteiger partial charge in [-0.15, -0.1) is 0 Å². The molecule has 1 N–H and O–H groups in total. The van der Waals surface area contributed by atoms with Crippen molar-refractivity contribution >= 4 is 18.4 Å². The third kappa shape index (κ3) is 2.86. The van der Waals surface area contributed by atoms with E-state index in [4.69, 9.17) is 12.6 Å². The van der Waals surface area contributed by atoms with Gasteiger partial charge < -0.3 is 17.9 Å². The molecule has 0 aromatic carbocycles. The molecule has 1 radical (unpaired) electrons. The molecular formula is C5H6N3SY-. The quantitative estimate of drug-likeness (QED) is 0.708. The second kappa shape index (κ2) is 4.93. The normalized spacial score (nSPS) is 8.10. The first kappa shape index (κ1) is 10.2. The number of anilines is 1. The number of hydrogen-bond donors (Lipinski definition) is 1. The fourth-order valence-corrected chi connectivity index (χ4v) is 0.628. The molecule has 0 unspecified atom stereocenters. The Balaban J connectivity index is 0.000000810. The molecule has 10 heavy (non-hydrogen) atoms. The number of hydrogen-bond acceptors (Lipinski definition) is 4. The maximum atomic E-state index is 4.75. The molecule has 0 bridgehead atoms. The van der Waals surface area contributed by atoms with Crippen LogP contribution in [0.15, 0.2) is 17.4 Å². The fourth-order valence-electron chi connectivity index (χ4n) is 0.469. The van der Waals surface area contributed by atoms with Gasteiger partial charge in [-0.2, -0.15) is 0 Å². The van der Waals surface area contributed by atoms with Crippen molar-refractivity contribution in [1.82, 2.24) is 9.97 Å². The van der Waals surface area contributed by atoms with Crippen LogP contribution in [0.25, 0.3) is 0 Å². The summed E-state index contributed by atoms with van der Waals surface area (Å²) >= 11 is 4.75. The van der Waals surface area contributed by atoms with Crippen LogP contribution in [0.1, 0.15) is 0 Å². The van der Waals surface area contributed by atoms with E-state index in [9.17, 15) is 0 Å². The smallest absolute Gasteiger partial charge is 0.142 e. The second-order valence-electron chi connectivity index (χ2n) is 1.49. The van der Waals surface area contributed by atoms with E-state index in [1.807, 2.05) is 0 Å². The Hall–Kier alpha value is 0.204. The van der Waals surface area contributed by atoms with Crippen LogP contribution in [0.2, 0.25) is 0 Å². The van der Waals surface area contributed by atoms with Crippen LogP contribution in [0, 0.1) is 0 Å². The summed E-state index contributed by atoms with van der Waals surface area (Å²) in [4.78, 5) is 7.76. The van der Waals surface area contributed by atoms with Gasteiger partial charge in [0.05, 0.1) is 6.20 Å². The van der Waals surface area contributed by atoms with Crippen molar-refractivity contribution in [3.8, 4) is 0 Å². The molecule has 0 saturated heterocycles. The molecule has 0 spiro atoms. The van der Waals surface area contributed by atoms with Crippen molar-refractivity contribution in [2.75, 3.05) is 12.4 Å². The van der Waals surface area contributed by atoms with Crippen LogP contribution in [-0.2, 0) is 45.3 Å². The molecule has 0 aliphatic heterocycles. The van der Waals surface area contributed by atoms with E-state index in [0.29, 0.717) is 10.8 Å². The van der Waals surface area contributed by atoms with Crippen molar-refractivity contribution in [2.45, 2.75) is 5.03 Å². The molecule has 0 fully saturated rings. The van der Waals surface area contributed by atoms with E-state index in [2.05, 4.69) is 15.3 Å². The first-order valence-electron chi connectivity index (χ1n) is 2.50. The average Bonchev–Trinajstić information content (AvgIpc) is 1.88. The average molecular weight is 229 g/mol. The summed E-state index contributed by atoms with van der Waals surface area (Å²) in [5, 5.41) is 3.34. The van der Waals surface area contributed by atoms with Gasteiger partial charge in [-0.25, -0.2) is 0 Å². The molecular weight excluding hydrogens is 223 g/mol. The third-order valence-electron chi connectivity index (χ3n) is 0.869. The van der Waals surface area contributed by atoms with Crippen LogP contribution in [0.3, 0.4) is 0 Å². The molecule has 0 atom stereocenters. The standard InChI is InChI=1S/C5H7N3S.Y/c1-6-4-2-7-3-5(9)8-4;/h2-3H,1H3,(H2,6,8,9);/p-1. The maximum absolute atomic E-state index is 4.75. The molecule has 0 aliphatic carbocycles. The van der Waals surface area contributed by atoms with Gasteiger partial charge in [-0.05, 0) is 0 Å². The molecule has 0 aliphatic rings. The van der Waals surface area contributed by atoms with Crippen molar-refractivity contribution in [3.63, 3.8) is 0 Å². The zero-order valence-corrected chi connectivity index (χ0v) is 9.19. The summed E-state index contributed by atoms with van der Waals surface area (Å²) in [6, 6.07) is 0. The topological polar surface area (TPSA) is 37.8 Å². The van der Waals surface area contributed by atoms with Crippen LogP contribution in [-0.4, -0.2) is 17.0 Å². The zero-order valence-electron chi connectivity index (χ0n) is 5.53. The molecule has 0 amide bonds. The monoisotopic (exact) mass is 229 g/mol. The van der Waals surface area contributed by atoms with Crippen LogP contribution in [0.4, 0.5) is 5.82 Å². The summed E-state index contributed by atoms with van der Waals surface area (Å²) in [7, 11) is 1.78. The minimum atomic E-state index is 0. The SMILES string of the molecule is CNc1cncc([S-])n1.[Y]. The van der Waals surface area contributed by atoms with E-state index in [1.165, 1.54) is 6.20 Å². The van der Waals surface area contributed by atoms with Crippen LogP contribution >= 0.6 is 0 Å². The summed E-state index contributed by atoms with van der Waals surface area (Å²) in [5.74, 6) is 0.711. The van der Waals surface area contributed by atoms with Crippen molar-refractivity contribution < 1.29 is 32.7 Å². The van der Waals surface area contributed by atoms with Gasteiger partial charge >= 0.3 is 0 Å². The minimum Gasteiger partial charge on any atom is -0.759 e. The summed E-state index contributed by atoms with van der Waals surface area (Å²) < 4.78 is 0. The maximum Gasteiger partial charge on any atom is 0.142 e. The molecule has 1 rings (SSSR count). The molecule has 1 heterocycles. The molecule has 1 aromatic heterocycles. The van der Waals surface area contributed by atoms with Crippen molar-refractivity contribution in [2.24, 2.45) is 0 Å². The Morgan fingerprint density at radius 2 is 2.20 bits per heavy atom. The Labute approximate surface area is 90.3 Å². The first-order valence-corrected chi connectivity index (χ1v) is 2.90. The van der Waals surface area contributed by atoms with Gasteiger partial charge in [0.25, 0.3) is 0 Å². The molecule has 51 valence electrons. The summed E-state index contributed by atoms with van der Waals surface area (Å²) in [5.41, 5.74) is 0. The van der Waals surface area contributed by atoms with Crippen molar-refractivity contribution in [1.29, 1.82) is 0 Å². The third-order valence-corrected chi connectivity index (χ3v) is 1.07. The Kier molecular flexibility index (Phi) is 5.04. The summed E-state index contributed by atoms with van der Waals surface area (Å²) in [6.45, 7) is 0. The van der Waals surface area contributed by atoms with E-state index in [1.54, 1.807) is 13.2 Å². The Morgan fingerprint density at radius 3 is 2.60 bits per heavy atom. The van der Waals surface area contributed by atoms with Gasteiger partial charge in [0.15, 0.2) is 0 Å². The largest absolute Gasteiger partial charge is 0.759 e. The first-order chi connectivity index (χ1) is 4.33. The minimum absolute atomic E-state index is 0. The predicted octanol–water partition coefficient (Wildman–Crippen LogP) is 0.422. The van der Waals surface area contributed by atoms with E-state index in [0.717, 1.165) is 0 Å². The Bertz CT molecular complexity index is 206. The number of nitrogens with one attached hydrogen (secondary N) is 1. The molecule has 5 heteroatoms. The van der Waals surface area contributed by atoms with Crippen LogP contribution in [0.5, 0.6) is 0 Å². The number of nitrogens with zero attached hydrogens (tertiary/aromatic N) is 2. The molecule has 3 nitrogen and oxygen atoms in total. The molecule has 0 saturated carbocycles. The Morgan fingerprint density at radius 1 is 1.50 bits per heavy atom. The van der Waals surface area contributed by atoms with Gasteiger partial charge in [-0.1, -0.05) is 5.03 Å². The van der Waals surface area contributed by atoms with E-state index in [-0.39, 0.29) is 32.7 Å². The number of rotatable bonds is 1. The fraction of sp³-hybridized carbons (Fsp3) is 0.200. The van der Waals surface area contributed by atoms with Crippen LogP contribution < -0.4 is 5.32 Å². The van der Waals surface area contributed by atoms with E-state index >= 15 is 0 Å². The zero-order chi connectivity index (χ0) is 6.69. The predicted molar refractivity (Wildman–Crippen MR) is 37.2 cm³/mol. The second-order valence-corrected chi connectivity index (χ2v) is 1.91. The van der Waals surface area contributed by atoms with Gasteiger partial charge in [-0.3, -0.25) is 9.97 Å². The van der Waals surface area contributed by atoms with Gasteiger partial charge in [0.1, 0.15) is 5.82 Å². The van der Waals surface area contributed by atoms with Crippen molar-refractivity contribution in [3.05, 3.63) is 12.4 Å². The number of aromatic nitrogens is 2.